The predicted octanol–water partition coefficient (Wildman–Crippen LogP) is 3.14. The van der Waals surface area contributed by atoms with Crippen LogP contribution in [0, 0.1) is 0 Å². The highest BCUT2D eigenvalue weighted by Crippen LogP contribution is 2.33. The minimum absolute atomic E-state index is 0.537. The first-order valence-corrected chi connectivity index (χ1v) is 7.05. The number of carbonyl (C=O) groups is 1. The topological polar surface area (TPSA) is 61.6 Å². The molecule has 1 aliphatic heterocycles. The molecule has 5 heteroatoms. The number of nitrogens with two attached hydrogens (primary N) is 1. The molecule has 0 aromatic heterocycles. The lowest BCUT2D eigenvalue weighted by atomic mass is 10.0. The summed E-state index contributed by atoms with van der Waals surface area (Å²) in [5.41, 5.74) is 6.54. The molecule has 0 spiro atoms. The van der Waals surface area contributed by atoms with Crippen LogP contribution in [0.25, 0.3) is 0 Å². The minimum atomic E-state index is -0.782. The van der Waals surface area contributed by atoms with Gasteiger partial charge in [-0.2, -0.15) is 0 Å². The van der Waals surface area contributed by atoms with E-state index < -0.39 is 10.9 Å². The molecule has 0 fully saturated rings. The van der Waals surface area contributed by atoms with Gasteiger partial charge in [0.05, 0.1) is 0 Å². The number of rotatable bonds is 1. The number of thioether (sulfide) groups is 1. The van der Waals surface area contributed by atoms with Crippen LogP contribution in [-0.4, -0.2) is 10.9 Å². The normalized spacial score (nSPS) is 14.0. The van der Waals surface area contributed by atoms with Gasteiger partial charge in [-0.3, -0.25) is 4.79 Å². The molecule has 0 unspecified atom stereocenters. The zero-order chi connectivity index (χ0) is 13.9. The van der Waals surface area contributed by atoms with Gasteiger partial charge in [-0.1, -0.05) is 36.4 Å². The van der Waals surface area contributed by atoms with Crippen molar-refractivity contribution < 1.29 is 14.3 Å². The van der Waals surface area contributed by atoms with Crippen LogP contribution in [0.2, 0.25) is 0 Å². The summed E-state index contributed by atoms with van der Waals surface area (Å²) in [4.78, 5) is 11.1. The maximum absolute atomic E-state index is 11.1. The molecule has 4 nitrogen and oxygen atoms in total. The first kappa shape index (κ1) is 12.9. The molecule has 0 aliphatic carbocycles. The molecule has 1 amide bonds. The minimum Gasteiger partial charge on any atom is -0.445 e. The summed E-state index contributed by atoms with van der Waals surface area (Å²) in [5, 5.41) is -0.537. The molecular weight excluding hydrogens is 274 g/mol. The van der Waals surface area contributed by atoms with Gasteiger partial charge in [-0.15, -0.1) is 0 Å². The van der Waals surface area contributed by atoms with Gasteiger partial charge in [0.25, 0.3) is 10.9 Å². The van der Waals surface area contributed by atoms with Crippen molar-refractivity contribution in [1.82, 2.24) is 0 Å². The van der Waals surface area contributed by atoms with Crippen LogP contribution in [0.3, 0.4) is 0 Å². The number of amides is 1. The molecule has 2 N–H and O–H groups in total. The van der Waals surface area contributed by atoms with Crippen molar-refractivity contribution in [2.24, 2.45) is 5.73 Å². The third-order valence-electron chi connectivity index (χ3n) is 2.98. The monoisotopic (exact) mass is 287 g/mol. The first-order valence-electron chi connectivity index (χ1n) is 6.17. The number of para-hydroxylation sites is 2. The van der Waals surface area contributed by atoms with Crippen LogP contribution >= 0.6 is 11.8 Å². The van der Waals surface area contributed by atoms with Gasteiger partial charge in [0, 0.05) is 18.2 Å². The Morgan fingerprint density at radius 2 is 1.50 bits per heavy atom. The first-order chi connectivity index (χ1) is 9.72. The number of carbonyl (C=O) groups excluding carboxylic acids is 1. The predicted molar refractivity (Wildman–Crippen MR) is 77.9 cm³/mol. The molecule has 20 heavy (non-hydrogen) atoms. The molecule has 0 saturated carbocycles. The van der Waals surface area contributed by atoms with Crippen molar-refractivity contribution in [2.45, 2.75) is 12.0 Å². The van der Waals surface area contributed by atoms with E-state index in [9.17, 15) is 4.79 Å². The summed E-state index contributed by atoms with van der Waals surface area (Å²) < 4.78 is 11.5. The SMILES string of the molecule is NC(=O)SC1Oc2ccccc2Cc2ccccc2O1. The summed E-state index contributed by atoms with van der Waals surface area (Å²) in [6.07, 6.45) is 0.723. The fourth-order valence-electron chi connectivity index (χ4n) is 2.11. The van der Waals surface area contributed by atoms with E-state index in [0.717, 1.165) is 29.3 Å². The van der Waals surface area contributed by atoms with E-state index in [1.165, 1.54) is 0 Å². The molecule has 1 heterocycles. The number of fused-ring (bicyclic) bond motifs is 2. The van der Waals surface area contributed by atoms with Gasteiger partial charge in [-0.05, 0) is 23.3 Å². The lowest BCUT2D eigenvalue weighted by Crippen LogP contribution is -2.26. The number of ether oxygens (including phenoxy) is 2. The third kappa shape index (κ3) is 2.72. The second-order valence-corrected chi connectivity index (χ2v) is 5.38. The van der Waals surface area contributed by atoms with E-state index in [-0.39, 0.29) is 0 Å². The van der Waals surface area contributed by atoms with Gasteiger partial charge in [0.1, 0.15) is 11.5 Å². The van der Waals surface area contributed by atoms with E-state index in [0.29, 0.717) is 11.5 Å². The van der Waals surface area contributed by atoms with Gasteiger partial charge < -0.3 is 15.2 Å². The zero-order valence-corrected chi connectivity index (χ0v) is 11.4. The Morgan fingerprint density at radius 3 is 2.00 bits per heavy atom. The second kappa shape index (κ2) is 5.46. The van der Waals surface area contributed by atoms with E-state index in [1.54, 1.807) is 0 Å². The van der Waals surface area contributed by atoms with Gasteiger partial charge in [0.2, 0.25) is 0 Å². The lowest BCUT2D eigenvalue weighted by Gasteiger charge is -2.24. The Morgan fingerprint density at radius 1 is 1.00 bits per heavy atom. The van der Waals surface area contributed by atoms with Crippen LogP contribution in [-0.2, 0) is 6.42 Å². The van der Waals surface area contributed by atoms with E-state index in [1.807, 2.05) is 48.5 Å². The zero-order valence-electron chi connectivity index (χ0n) is 10.6. The van der Waals surface area contributed by atoms with E-state index in [4.69, 9.17) is 15.2 Å². The van der Waals surface area contributed by atoms with Gasteiger partial charge in [-0.25, -0.2) is 0 Å². The molecule has 0 atom stereocenters. The molecular formula is C15H13NO3S. The fraction of sp³-hybridized carbons (Fsp3) is 0.133. The van der Waals surface area contributed by atoms with Crippen molar-refractivity contribution in [3.05, 3.63) is 59.7 Å². The van der Waals surface area contributed by atoms with E-state index in [2.05, 4.69) is 0 Å². The molecule has 1 aliphatic rings. The highest BCUT2D eigenvalue weighted by Gasteiger charge is 2.22. The maximum atomic E-state index is 11.1. The van der Waals surface area contributed by atoms with Gasteiger partial charge in [0.15, 0.2) is 0 Å². The number of hydrogen-bond donors (Lipinski definition) is 1. The smallest absolute Gasteiger partial charge is 0.299 e. The summed E-state index contributed by atoms with van der Waals surface area (Å²) >= 11 is 0.820. The van der Waals surface area contributed by atoms with Crippen molar-refractivity contribution in [1.29, 1.82) is 0 Å². The molecule has 3 rings (SSSR count). The number of benzene rings is 2. The average Bonchev–Trinajstić information content (AvgIpc) is 2.40. The Kier molecular flexibility index (Phi) is 3.52. The van der Waals surface area contributed by atoms with Crippen molar-refractivity contribution >= 4 is 17.0 Å². The fourth-order valence-corrected chi connectivity index (χ4v) is 2.60. The van der Waals surface area contributed by atoms with Crippen molar-refractivity contribution in [2.75, 3.05) is 0 Å². The van der Waals surface area contributed by atoms with Crippen molar-refractivity contribution in [3.63, 3.8) is 0 Å². The third-order valence-corrected chi connectivity index (χ3v) is 3.60. The molecule has 0 radical (unpaired) electrons. The van der Waals surface area contributed by atoms with E-state index >= 15 is 0 Å². The number of hydrogen-bond acceptors (Lipinski definition) is 4. The standard InChI is InChI=1S/C15H13NO3S/c16-14(17)20-15-18-12-7-3-1-5-10(12)9-11-6-2-4-8-13(11)19-15/h1-8,15H,9H2,(H2,16,17). The largest absolute Gasteiger partial charge is 0.445 e. The van der Waals surface area contributed by atoms with Gasteiger partial charge >= 0.3 is 0 Å². The summed E-state index contributed by atoms with van der Waals surface area (Å²) in [6.45, 7) is 0. The quantitative estimate of drug-likeness (QED) is 0.875. The van der Waals surface area contributed by atoms with Crippen LogP contribution in [0.15, 0.2) is 48.5 Å². The Balaban J connectivity index is 2.02. The second-order valence-electron chi connectivity index (χ2n) is 4.35. The highest BCUT2D eigenvalue weighted by atomic mass is 32.2. The van der Waals surface area contributed by atoms with Crippen LogP contribution in [0.4, 0.5) is 4.79 Å². The molecule has 0 bridgehead atoms. The highest BCUT2D eigenvalue weighted by molar-refractivity contribution is 8.13. The Hall–Kier alpha value is -2.14. The summed E-state index contributed by atoms with van der Waals surface area (Å²) in [5.74, 6) is 1.42. The molecule has 0 saturated heterocycles. The Bertz CT molecular complexity index is 597. The van der Waals surface area contributed by atoms with Crippen LogP contribution in [0.5, 0.6) is 11.5 Å². The summed E-state index contributed by atoms with van der Waals surface area (Å²) in [6, 6.07) is 15.4. The number of primary amides is 1. The van der Waals surface area contributed by atoms with Crippen LogP contribution < -0.4 is 15.2 Å². The maximum Gasteiger partial charge on any atom is 0.299 e. The lowest BCUT2D eigenvalue weighted by molar-refractivity contribution is 0.0810. The summed E-state index contributed by atoms with van der Waals surface area (Å²) in [7, 11) is 0. The van der Waals surface area contributed by atoms with Crippen LogP contribution in [0.1, 0.15) is 11.1 Å². The average molecular weight is 287 g/mol. The molecule has 102 valence electrons. The van der Waals surface area contributed by atoms with Crippen molar-refractivity contribution in [3.8, 4) is 11.5 Å². The Labute approximate surface area is 120 Å². The molecule has 2 aromatic carbocycles. The molecule has 2 aromatic rings.